The molecule has 14 aromatic rings. The minimum Gasteiger partial charge on any atom is -0.392 e. The molecule has 7 amide bonds. The van der Waals surface area contributed by atoms with Crippen LogP contribution in [0.4, 0.5) is 56.2 Å². The van der Waals surface area contributed by atoms with Crippen LogP contribution in [0.25, 0.3) is 50.3 Å². The van der Waals surface area contributed by atoms with Gasteiger partial charge in [-0.3, -0.25) is 24.0 Å². The number of aliphatic hydroxyl groups excluding tert-OH is 3. The van der Waals surface area contributed by atoms with Gasteiger partial charge in [-0.2, -0.15) is 0 Å². The molecule has 656 valence electrons. The highest BCUT2D eigenvalue weighted by Gasteiger charge is 2.35. The molecule has 129 heavy (non-hydrogen) atoms. The van der Waals surface area contributed by atoms with E-state index >= 15 is 0 Å². The van der Waals surface area contributed by atoms with E-state index in [-0.39, 0.29) is 62.8 Å². The Morgan fingerprint density at radius 1 is 0.434 bits per heavy atom. The van der Waals surface area contributed by atoms with Crippen molar-refractivity contribution in [3.8, 4) is 33.4 Å². The Hall–Kier alpha value is -14.5. The van der Waals surface area contributed by atoms with Crippen LogP contribution in [0.3, 0.4) is 0 Å². The summed E-state index contributed by atoms with van der Waals surface area (Å²) < 4.78 is 16.4. The van der Waals surface area contributed by atoms with Gasteiger partial charge in [0.05, 0.1) is 91.5 Å². The van der Waals surface area contributed by atoms with Gasteiger partial charge in [-0.15, -0.1) is 0 Å². The van der Waals surface area contributed by atoms with E-state index < -0.39 is 0 Å². The molecule has 7 N–H and O–H groups in total. The van der Waals surface area contributed by atoms with Crippen LogP contribution in [0.5, 0.6) is 0 Å². The molecular formula is C100H100N18O11. The lowest BCUT2D eigenvalue weighted by Gasteiger charge is -2.31. The van der Waals surface area contributed by atoms with Crippen molar-refractivity contribution >= 4 is 104 Å². The zero-order valence-corrected chi connectivity index (χ0v) is 71.2. The summed E-state index contributed by atoms with van der Waals surface area (Å²) in [7, 11) is 5.53. The topological polar surface area (TPSA) is 327 Å². The van der Waals surface area contributed by atoms with Gasteiger partial charge in [-0.05, 0) is 192 Å². The summed E-state index contributed by atoms with van der Waals surface area (Å²) in [5.41, 5.74) is 23.1. The second-order valence-electron chi connectivity index (χ2n) is 33.2. The van der Waals surface area contributed by atoms with Gasteiger partial charge in [0.1, 0.15) is 11.6 Å². The predicted octanol–water partition coefficient (Wildman–Crippen LogP) is 14.5. The number of hydrogen-bond donors (Lipinski definition) is 7. The molecule has 8 aromatic heterocycles. The molecule has 0 unspecified atom stereocenters. The van der Waals surface area contributed by atoms with Gasteiger partial charge in [0.2, 0.25) is 0 Å². The average Bonchev–Trinajstić information content (AvgIpc) is 1.77. The third-order valence-electron chi connectivity index (χ3n) is 25.0. The summed E-state index contributed by atoms with van der Waals surface area (Å²) in [6.45, 7) is 5.36. The number of nitrogens with one attached hydrogen (secondary N) is 4. The molecule has 0 radical (unpaired) electrons. The Balaban J connectivity index is 0.000000131. The number of hydrogen-bond acceptors (Lipinski definition) is 19. The zero-order valence-electron chi connectivity index (χ0n) is 71.2. The first-order chi connectivity index (χ1) is 62.5. The fourth-order valence-corrected chi connectivity index (χ4v) is 18.0. The third-order valence-corrected chi connectivity index (χ3v) is 25.0. The Morgan fingerprint density at radius 3 is 1.16 bits per heavy atom. The fraction of sp³-hybridized carbons (Fsp3) is 0.270. The number of fused-ring (bicyclic) bond motifs is 6. The molecule has 6 aromatic carbocycles. The normalized spacial score (nSPS) is 15.4. The van der Waals surface area contributed by atoms with Crippen molar-refractivity contribution in [2.75, 3.05) is 129 Å². The van der Waals surface area contributed by atoms with Crippen LogP contribution in [0, 0.1) is 0 Å². The number of amides is 7. The third kappa shape index (κ3) is 17.3. The Labute approximate surface area is 745 Å². The summed E-state index contributed by atoms with van der Waals surface area (Å²) in [6, 6.07) is 48.3. The lowest BCUT2D eigenvalue weighted by atomic mass is 9.93. The molecule has 7 aliphatic rings. The van der Waals surface area contributed by atoms with E-state index in [1.165, 1.54) is 36.8 Å². The number of carbonyl (C=O) groups excluding carboxylic acids is 6. The van der Waals surface area contributed by atoms with E-state index in [0.29, 0.717) is 180 Å². The van der Waals surface area contributed by atoms with Crippen molar-refractivity contribution < 1.29 is 53.6 Å². The number of pyridine rings is 5. The summed E-state index contributed by atoms with van der Waals surface area (Å²) in [4.78, 5) is 112. The number of morpholine rings is 2. The first-order valence-corrected chi connectivity index (χ1v) is 43.4. The molecular weight excluding hydrogens is 1630 g/mol. The maximum Gasteiger partial charge on any atom is 0.319 e. The van der Waals surface area contributed by atoms with E-state index in [2.05, 4.69) is 76.5 Å². The first kappa shape index (κ1) is 85.3. The van der Waals surface area contributed by atoms with Gasteiger partial charge >= 0.3 is 6.03 Å². The molecule has 2 aliphatic carbocycles. The van der Waals surface area contributed by atoms with Crippen LogP contribution in [0.15, 0.2) is 220 Å². The summed E-state index contributed by atoms with van der Waals surface area (Å²) >= 11 is 0. The molecule has 21 rings (SSSR count). The molecule has 0 atom stereocenters. The number of benzene rings is 6. The molecule has 5 aliphatic heterocycles. The maximum atomic E-state index is 13.8. The second kappa shape index (κ2) is 36.8. The average molecular weight is 1730 g/mol. The van der Waals surface area contributed by atoms with Gasteiger partial charge in [0.15, 0.2) is 16.9 Å². The first-order valence-electron chi connectivity index (χ1n) is 43.4. The van der Waals surface area contributed by atoms with E-state index in [4.69, 9.17) is 9.47 Å². The lowest BCUT2D eigenvalue weighted by Crippen LogP contribution is -2.40. The summed E-state index contributed by atoms with van der Waals surface area (Å²) in [6.07, 6.45) is 26.8. The van der Waals surface area contributed by atoms with E-state index in [1.807, 2.05) is 160 Å². The number of urea groups is 1. The highest BCUT2D eigenvalue weighted by Crippen LogP contribution is 2.45. The Kier molecular flexibility index (Phi) is 24.4. The van der Waals surface area contributed by atoms with Gasteiger partial charge in [0, 0.05) is 191 Å². The van der Waals surface area contributed by atoms with Crippen LogP contribution in [-0.4, -0.2) is 192 Å². The Bertz CT molecular complexity index is 6370. The minimum absolute atomic E-state index is 0. The van der Waals surface area contributed by atoms with Crippen LogP contribution in [0.2, 0.25) is 0 Å². The van der Waals surface area contributed by atoms with Crippen molar-refractivity contribution in [1.29, 1.82) is 0 Å². The van der Waals surface area contributed by atoms with Crippen molar-refractivity contribution in [3.05, 3.63) is 292 Å². The van der Waals surface area contributed by atoms with E-state index in [0.717, 1.165) is 86.1 Å². The number of aliphatic hydroxyl groups is 3. The SMILES string of the molecule is C.CN(C)c1ccc2c(c1)CCN(c1cccc(-c3cc(Nc4ccc(C(=O)N5CCOCC5)cn4)c4nccn4c3)c1CO)C2=O.CNC(=O)Nc1cc(-c2cccc(N3CCc4cc(C5CC5)ccc4C3=O)c2CO)cn2ccnc12.O=C(c1ccc(Nc2cc(-c3cccc(N4CCc5cc(C6CC6)ccc5C4=O)c3CO)cn3ccnc23)nc1)N1CCOCC1. The van der Waals surface area contributed by atoms with Crippen LogP contribution in [-0.2, 0) is 48.6 Å². The van der Waals surface area contributed by atoms with Crippen LogP contribution >= 0.6 is 0 Å². The van der Waals surface area contributed by atoms with Gasteiger partial charge in [-0.25, -0.2) is 29.7 Å². The standard InChI is InChI=1S/C36H34N6O4.C35H35N7O4.C28H27N5O3.CH4/c43-22-30-28(2-1-3-32(30)42-12-10-25-18-24(23-4-5-23)6-8-29(25)36(42)45)27-19-31(34-37-11-13-41(34)21-27)39-33-9-7-26(20-38-33)35(44)40-14-16-46-17-15-40;1-39(2)26-7-8-28-23(18-26)10-12-42(35(28)45)31-5-3-4-27(29(31)22-43)25-19-30(33-36-11-13-41(33)21-25)38-32-9-6-24(20-37-32)34(44)40-14-16-46-17-15-40;1-29-28(36)31-24-14-20(15-32-12-10-30-26(24)32)21-3-2-4-25(23(21)16-34)33-11-9-19-13-18(17-5-6-17)7-8-22(19)27(33)35;/h1-3,6-9,11,13,18-21,23,43H,4-5,10,12,14-17,22H2,(H,38,39);3-9,11,13,18-21,43H,10,12,14-17,22H2,1-2H3,(H,37,38);2-4,7-8,10,12-15,17,34H,5-6,9,11,16H2,1H3,(H2,29,31,36);1H4. The molecule has 0 bridgehead atoms. The highest BCUT2D eigenvalue weighted by molar-refractivity contribution is 6.11. The maximum absolute atomic E-state index is 13.8. The van der Waals surface area contributed by atoms with Crippen molar-refractivity contribution in [2.24, 2.45) is 0 Å². The number of carbonyl (C=O) groups is 6. The molecule has 2 saturated heterocycles. The molecule has 13 heterocycles. The number of nitrogens with zero attached hydrogens (tertiary/aromatic N) is 14. The highest BCUT2D eigenvalue weighted by atomic mass is 16.5. The van der Waals surface area contributed by atoms with Crippen molar-refractivity contribution in [1.82, 2.24) is 53.2 Å². The molecule has 0 spiro atoms. The second-order valence-corrected chi connectivity index (χ2v) is 33.2. The van der Waals surface area contributed by atoms with Crippen LogP contribution in [0.1, 0.15) is 141 Å². The summed E-state index contributed by atoms with van der Waals surface area (Å²) in [5, 5.41) is 44.0. The molecule has 29 heteroatoms. The lowest BCUT2D eigenvalue weighted by molar-refractivity contribution is 0.0301. The number of ether oxygens (including phenoxy) is 2. The molecule has 29 nitrogen and oxygen atoms in total. The van der Waals surface area contributed by atoms with Gasteiger partial charge < -0.3 is 88.7 Å². The van der Waals surface area contributed by atoms with E-state index in [1.54, 1.807) is 93.0 Å². The van der Waals surface area contributed by atoms with Gasteiger partial charge in [-0.1, -0.05) is 68.1 Å². The predicted molar refractivity (Wildman–Crippen MR) is 497 cm³/mol. The van der Waals surface area contributed by atoms with Gasteiger partial charge in [0.25, 0.3) is 29.5 Å². The summed E-state index contributed by atoms with van der Waals surface area (Å²) in [5.74, 6) is 2.14. The monoisotopic (exact) mass is 1730 g/mol. The van der Waals surface area contributed by atoms with Crippen LogP contribution < -0.4 is 40.9 Å². The molecule has 2 saturated carbocycles. The largest absolute Gasteiger partial charge is 0.392 e. The number of rotatable bonds is 19. The molecule has 4 fully saturated rings. The fourth-order valence-electron chi connectivity index (χ4n) is 18.0. The number of aromatic nitrogens is 8. The van der Waals surface area contributed by atoms with Crippen molar-refractivity contribution in [2.45, 2.75) is 84.0 Å². The number of anilines is 9. The number of imidazole rings is 3. The van der Waals surface area contributed by atoms with E-state index in [9.17, 15) is 44.1 Å². The van der Waals surface area contributed by atoms with Crippen molar-refractivity contribution in [3.63, 3.8) is 0 Å². The zero-order chi connectivity index (χ0) is 87.8. The Morgan fingerprint density at radius 2 is 0.806 bits per heavy atom. The quantitative estimate of drug-likeness (QED) is 0.0395. The smallest absolute Gasteiger partial charge is 0.319 e. The minimum atomic E-state index is -0.351.